The smallest absolute Gasteiger partial charge is 0.323 e. The van der Waals surface area contributed by atoms with E-state index in [0.717, 1.165) is 28.3 Å². The van der Waals surface area contributed by atoms with E-state index >= 15 is 0 Å². The summed E-state index contributed by atoms with van der Waals surface area (Å²) < 4.78 is 0. The Morgan fingerprint density at radius 2 is 1.60 bits per heavy atom. The molecule has 0 saturated heterocycles. The SMILES string of the molecule is O=C(Nc1cccc(Nc2ccc3c(c2)NC(=O)/C3=C\c2ccc[nH]2)c1)Nc1cc(Cl)nc(Cl)c1. The van der Waals surface area contributed by atoms with Crippen molar-refractivity contribution in [3.8, 4) is 0 Å². The number of aromatic nitrogens is 2. The fourth-order valence-electron chi connectivity index (χ4n) is 3.68. The number of pyridine rings is 1. The summed E-state index contributed by atoms with van der Waals surface area (Å²) in [5.41, 5.74) is 5.55. The number of halogens is 2. The first-order chi connectivity index (χ1) is 16.9. The molecule has 0 bridgehead atoms. The van der Waals surface area contributed by atoms with E-state index in [9.17, 15) is 9.59 Å². The average Bonchev–Trinajstić information content (AvgIpc) is 3.41. The third kappa shape index (κ3) is 5.29. The van der Waals surface area contributed by atoms with Gasteiger partial charge in [0, 0.05) is 40.2 Å². The lowest BCUT2D eigenvalue weighted by Crippen LogP contribution is -2.19. The molecular formula is C25H18Cl2N6O2. The van der Waals surface area contributed by atoms with Crippen LogP contribution in [0.2, 0.25) is 10.3 Å². The van der Waals surface area contributed by atoms with Crippen LogP contribution >= 0.6 is 23.2 Å². The topological polar surface area (TPSA) is 111 Å². The highest BCUT2D eigenvalue weighted by Gasteiger charge is 2.24. The highest BCUT2D eigenvalue weighted by molar-refractivity contribution is 6.35. The highest BCUT2D eigenvalue weighted by Crippen LogP contribution is 2.35. The average molecular weight is 505 g/mol. The third-order valence-electron chi connectivity index (χ3n) is 5.15. The fourth-order valence-corrected chi connectivity index (χ4v) is 4.14. The molecule has 4 aromatic rings. The molecule has 0 radical (unpaired) electrons. The Morgan fingerprint density at radius 3 is 2.37 bits per heavy atom. The molecule has 1 aliphatic heterocycles. The number of hydrogen-bond acceptors (Lipinski definition) is 4. The first-order valence-corrected chi connectivity index (χ1v) is 11.3. The molecule has 35 heavy (non-hydrogen) atoms. The number of fused-ring (bicyclic) bond motifs is 1. The number of amides is 3. The van der Waals surface area contributed by atoms with E-state index < -0.39 is 6.03 Å². The van der Waals surface area contributed by atoms with E-state index in [-0.39, 0.29) is 16.2 Å². The second kappa shape index (κ2) is 9.54. The second-order valence-corrected chi connectivity index (χ2v) is 8.46. The number of H-pyrrole nitrogens is 1. The minimum absolute atomic E-state index is 0.152. The van der Waals surface area contributed by atoms with Crippen LogP contribution in [0.5, 0.6) is 0 Å². The summed E-state index contributed by atoms with van der Waals surface area (Å²) in [7, 11) is 0. The number of carbonyl (C=O) groups is 2. The van der Waals surface area contributed by atoms with Gasteiger partial charge in [0.15, 0.2) is 0 Å². The normalized spacial score (nSPS) is 13.3. The maximum absolute atomic E-state index is 12.5. The lowest BCUT2D eigenvalue weighted by Gasteiger charge is -2.11. The van der Waals surface area contributed by atoms with Crippen LogP contribution in [0, 0.1) is 0 Å². The van der Waals surface area contributed by atoms with Crippen LogP contribution in [0.25, 0.3) is 11.6 Å². The van der Waals surface area contributed by atoms with Crippen LogP contribution in [-0.4, -0.2) is 21.9 Å². The molecule has 2 aromatic heterocycles. The van der Waals surface area contributed by atoms with Crippen LogP contribution in [-0.2, 0) is 4.79 Å². The minimum atomic E-state index is -0.456. The zero-order valence-electron chi connectivity index (χ0n) is 18.0. The fraction of sp³-hybridized carbons (Fsp3) is 0. The van der Waals surface area contributed by atoms with Crippen molar-refractivity contribution in [2.45, 2.75) is 0 Å². The second-order valence-electron chi connectivity index (χ2n) is 7.68. The van der Waals surface area contributed by atoms with E-state index in [1.165, 1.54) is 12.1 Å². The zero-order chi connectivity index (χ0) is 24.4. The standard InChI is InChI=1S/C25H18Cl2N6O2/c26-22-12-18(13-23(27)33-22)31-25(35)30-16-4-1-3-15(9-16)29-17-6-7-19-20(10-14-5-2-8-28-14)24(34)32-21(19)11-17/h1-13,28-29H,(H,32,34)(H2,30,31,33,35)/b20-10-. The Balaban J connectivity index is 1.28. The van der Waals surface area contributed by atoms with Crippen molar-refractivity contribution in [2.24, 2.45) is 0 Å². The van der Waals surface area contributed by atoms with Gasteiger partial charge >= 0.3 is 6.03 Å². The molecule has 0 spiro atoms. The number of anilines is 5. The van der Waals surface area contributed by atoms with E-state index in [1.54, 1.807) is 12.1 Å². The number of rotatable bonds is 5. The molecule has 5 rings (SSSR count). The van der Waals surface area contributed by atoms with Crippen LogP contribution in [0.4, 0.5) is 33.2 Å². The van der Waals surface area contributed by atoms with Crippen LogP contribution in [0.15, 0.2) is 72.9 Å². The summed E-state index contributed by atoms with van der Waals surface area (Å²) in [6, 6.07) is 19.2. The first-order valence-electron chi connectivity index (χ1n) is 10.5. The predicted octanol–water partition coefficient (Wildman–Crippen LogP) is 6.60. The van der Waals surface area contributed by atoms with E-state index in [2.05, 4.69) is 31.2 Å². The van der Waals surface area contributed by atoms with Gasteiger partial charge in [-0.15, -0.1) is 0 Å². The van der Waals surface area contributed by atoms with Gasteiger partial charge in [-0.05, 0) is 60.7 Å². The third-order valence-corrected chi connectivity index (χ3v) is 5.54. The van der Waals surface area contributed by atoms with Crippen molar-refractivity contribution in [2.75, 3.05) is 21.3 Å². The van der Waals surface area contributed by atoms with Crippen LogP contribution < -0.4 is 21.3 Å². The van der Waals surface area contributed by atoms with Gasteiger partial charge in [-0.2, -0.15) is 0 Å². The Bertz CT molecular complexity index is 1450. The van der Waals surface area contributed by atoms with Crippen LogP contribution in [0.1, 0.15) is 11.3 Å². The molecule has 8 nitrogen and oxygen atoms in total. The molecule has 0 fully saturated rings. The van der Waals surface area contributed by atoms with Gasteiger partial charge < -0.3 is 26.3 Å². The number of benzene rings is 2. The lowest BCUT2D eigenvalue weighted by molar-refractivity contribution is -0.110. The van der Waals surface area contributed by atoms with Gasteiger partial charge in [0.05, 0.1) is 11.3 Å². The molecular weight excluding hydrogens is 487 g/mol. The molecule has 0 saturated carbocycles. The summed E-state index contributed by atoms with van der Waals surface area (Å²) in [5, 5.41) is 12.0. The van der Waals surface area contributed by atoms with E-state index in [4.69, 9.17) is 23.2 Å². The van der Waals surface area contributed by atoms with E-state index in [1.807, 2.05) is 54.7 Å². The van der Waals surface area contributed by atoms with Crippen molar-refractivity contribution in [3.05, 3.63) is 94.5 Å². The first kappa shape index (κ1) is 22.5. The minimum Gasteiger partial charge on any atom is -0.362 e. The molecule has 2 aromatic carbocycles. The highest BCUT2D eigenvalue weighted by atomic mass is 35.5. The molecule has 0 unspecified atom stereocenters. The molecule has 3 amide bonds. The Labute approximate surface area is 210 Å². The summed E-state index contributed by atoms with van der Waals surface area (Å²) in [6.45, 7) is 0. The Kier molecular flexibility index (Phi) is 6.13. The number of carbonyl (C=O) groups excluding carboxylic acids is 2. The molecule has 5 N–H and O–H groups in total. The number of urea groups is 1. The molecule has 0 atom stereocenters. The Hall–Kier alpha value is -4.27. The Morgan fingerprint density at radius 1 is 0.857 bits per heavy atom. The van der Waals surface area contributed by atoms with Gasteiger partial charge in [0.1, 0.15) is 10.3 Å². The van der Waals surface area contributed by atoms with Crippen molar-refractivity contribution in [3.63, 3.8) is 0 Å². The van der Waals surface area contributed by atoms with E-state index in [0.29, 0.717) is 16.9 Å². The predicted molar refractivity (Wildman–Crippen MR) is 140 cm³/mol. The van der Waals surface area contributed by atoms with Gasteiger partial charge in [-0.3, -0.25) is 4.79 Å². The van der Waals surface area contributed by atoms with Gasteiger partial charge in [0.25, 0.3) is 5.91 Å². The molecule has 10 heteroatoms. The quantitative estimate of drug-likeness (QED) is 0.156. The maximum Gasteiger partial charge on any atom is 0.323 e. The van der Waals surface area contributed by atoms with Crippen molar-refractivity contribution < 1.29 is 9.59 Å². The van der Waals surface area contributed by atoms with Crippen molar-refractivity contribution in [1.82, 2.24) is 9.97 Å². The molecule has 0 aliphatic carbocycles. The molecule has 1 aliphatic rings. The number of aromatic amines is 1. The van der Waals surface area contributed by atoms with Crippen LogP contribution in [0.3, 0.4) is 0 Å². The summed E-state index contributed by atoms with van der Waals surface area (Å²) in [4.78, 5) is 31.8. The number of nitrogens with one attached hydrogen (secondary N) is 5. The molecule has 3 heterocycles. The maximum atomic E-state index is 12.5. The largest absolute Gasteiger partial charge is 0.362 e. The van der Waals surface area contributed by atoms with Crippen molar-refractivity contribution in [1.29, 1.82) is 0 Å². The van der Waals surface area contributed by atoms with Gasteiger partial charge in [-0.1, -0.05) is 35.3 Å². The zero-order valence-corrected chi connectivity index (χ0v) is 19.5. The lowest BCUT2D eigenvalue weighted by atomic mass is 10.1. The number of nitrogens with zero attached hydrogens (tertiary/aromatic N) is 1. The number of hydrogen-bond donors (Lipinski definition) is 5. The van der Waals surface area contributed by atoms with Gasteiger partial charge in [-0.25, -0.2) is 9.78 Å². The summed E-state index contributed by atoms with van der Waals surface area (Å²) >= 11 is 11.7. The van der Waals surface area contributed by atoms with Crippen molar-refractivity contribution >= 4 is 75.2 Å². The van der Waals surface area contributed by atoms with Gasteiger partial charge in [0.2, 0.25) is 0 Å². The summed E-state index contributed by atoms with van der Waals surface area (Å²) in [5.74, 6) is -0.152. The summed E-state index contributed by atoms with van der Waals surface area (Å²) in [6.07, 6.45) is 3.63. The molecule has 174 valence electrons. The monoisotopic (exact) mass is 504 g/mol.